The Balaban J connectivity index is 2.14. The summed E-state index contributed by atoms with van der Waals surface area (Å²) < 4.78 is 0. The molecule has 1 aromatic carbocycles. The summed E-state index contributed by atoms with van der Waals surface area (Å²) in [5, 5.41) is 0. The highest BCUT2D eigenvalue weighted by atomic mass is 15.3. The van der Waals surface area contributed by atoms with Crippen molar-refractivity contribution >= 4 is 5.82 Å². The molecule has 0 atom stereocenters. The zero-order chi connectivity index (χ0) is 14.1. The van der Waals surface area contributed by atoms with E-state index in [1.807, 2.05) is 0 Å². The molecule has 0 saturated carbocycles. The van der Waals surface area contributed by atoms with E-state index in [9.17, 15) is 0 Å². The molecule has 0 fully saturated rings. The first-order valence-corrected chi connectivity index (χ1v) is 7.13. The first-order chi connectivity index (χ1) is 9.69. The standard InChI is InChI=1S/C16H20N4/c1-10-7-8-12(11(2)9-10)15-18-14-6-4-3-5-13(14)16(19-15)20-17/h7-9H,3-6,17H2,1-2H3,(H,18,19,20). The van der Waals surface area contributed by atoms with Crippen LogP contribution in [-0.4, -0.2) is 9.97 Å². The van der Waals surface area contributed by atoms with Crippen molar-refractivity contribution in [3.63, 3.8) is 0 Å². The van der Waals surface area contributed by atoms with Gasteiger partial charge in [0.15, 0.2) is 5.82 Å². The van der Waals surface area contributed by atoms with E-state index in [4.69, 9.17) is 10.8 Å². The largest absolute Gasteiger partial charge is 0.308 e. The van der Waals surface area contributed by atoms with Gasteiger partial charge in [0.25, 0.3) is 0 Å². The molecule has 2 aromatic rings. The average Bonchev–Trinajstić information content (AvgIpc) is 2.46. The monoisotopic (exact) mass is 268 g/mol. The maximum absolute atomic E-state index is 5.64. The summed E-state index contributed by atoms with van der Waals surface area (Å²) in [5.41, 5.74) is 8.61. The molecule has 0 radical (unpaired) electrons. The van der Waals surface area contributed by atoms with E-state index in [2.05, 4.69) is 42.5 Å². The molecule has 4 heteroatoms. The summed E-state index contributed by atoms with van der Waals surface area (Å²) in [6, 6.07) is 6.35. The lowest BCUT2D eigenvalue weighted by molar-refractivity contribution is 0.665. The summed E-state index contributed by atoms with van der Waals surface area (Å²) in [5.74, 6) is 7.20. The van der Waals surface area contributed by atoms with Crippen molar-refractivity contribution in [2.24, 2.45) is 5.84 Å². The summed E-state index contributed by atoms with van der Waals surface area (Å²) in [4.78, 5) is 9.39. The Morgan fingerprint density at radius 1 is 1.10 bits per heavy atom. The number of nitrogen functional groups attached to an aromatic ring is 1. The number of aryl methyl sites for hydroxylation is 3. The fraction of sp³-hybridized carbons (Fsp3) is 0.375. The summed E-state index contributed by atoms with van der Waals surface area (Å²) in [7, 11) is 0. The highest BCUT2D eigenvalue weighted by molar-refractivity contribution is 5.64. The van der Waals surface area contributed by atoms with Gasteiger partial charge < -0.3 is 5.43 Å². The van der Waals surface area contributed by atoms with Gasteiger partial charge in [0, 0.05) is 16.8 Å². The van der Waals surface area contributed by atoms with Crippen LogP contribution in [0.4, 0.5) is 5.82 Å². The lowest BCUT2D eigenvalue weighted by Gasteiger charge is -2.19. The molecule has 0 aliphatic heterocycles. The second-order valence-electron chi connectivity index (χ2n) is 5.49. The third-order valence-electron chi connectivity index (χ3n) is 3.94. The van der Waals surface area contributed by atoms with Crippen LogP contribution in [0.5, 0.6) is 0 Å². The lowest BCUT2D eigenvalue weighted by Crippen LogP contribution is -2.17. The highest BCUT2D eigenvalue weighted by Crippen LogP contribution is 2.29. The van der Waals surface area contributed by atoms with Crippen LogP contribution in [0.3, 0.4) is 0 Å². The zero-order valence-corrected chi connectivity index (χ0v) is 12.0. The number of anilines is 1. The quantitative estimate of drug-likeness (QED) is 0.649. The first kappa shape index (κ1) is 13.1. The molecular weight excluding hydrogens is 248 g/mol. The molecule has 3 N–H and O–H groups in total. The second-order valence-corrected chi connectivity index (χ2v) is 5.49. The molecule has 1 heterocycles. The molecule has 1 aliphatic carbocycles. The smallest absolute Gasteiger partial charge is 0.162 e. The van der Waals surface area contributed by atoms with Gasteiger partial charge in [0.1, 0.15) is 5.82 Å². The molecule has 0 bridgehead atoms. The molecule has 0 saturated heterocycles. The van der Waals surface area contributed by atoms with E-state index in [0.29, 0.717) is 0 Å². The Morgan fingerprint density at radius 2 is 1.90 bits per heavy atom. The van der Waals surface area contributed by atoms with E-state index in [0.717, 1.165) is 35.7 Å². The normalized spacial score (nSPS) is 13.9. The van der Waals surface area contributed by atoms with Crippen molar-refractivity contribution in [1.29, 1.82) is 0 Å². The van der Waals surface area contributed by atoms with Gasteiger partial charge in [0.2, 0.25) is 0 Å². The molecule has 1 aliphatic rings. The summed E-state index contributed by atoms with van der Waals surface area (Å²) in [6.07, 6.45) is 4.42. The molecule has 0 unspecified atom stereocenters. The van der Waals surface area contributed by atoms with Crippen molar-refractivity contribution < 1.29 is 0 Å². The minimum Gasteiger partial charge on any atom is -0.308 e. The van der Waals surface area contributed by atoms with E-state index in [1.54, 1.807) is 0 Å². The Labute approximate surface area is 119 Å². The van der Waals surface area contributed by atoms with Crippen LogP contribution >= 0.6 is 0 Å². The van der Waals surface area contributed by atoms with Crippen molar-refractivity contribution in [3.8, 4) is 11.4 Å². The lowest BCUT2D eigenvalue weighted by atomic mass is 9.96. The van der Waals surface area contributed by atoms with Crippen LogP contribution in [0.2, 0.25) is 0 Å². The van der Waals surface area contributed by atoms with Gasteiger partial charge in [-0.3, -0.25) is 0 Å². The maximum atomic E-state index is 5.64. The molecule has 0 spiro atoms. The fourth-order valence-electron chi connectivity index (χ4n) is 2.90. The van der Waals surface area contributed by atoms with Gasteiger partial charge in [-0.1, -0.05) is 23.8 Å². The van der Waals surface area contributed by atoms with Gasteiger partial charge in [-0.2, -0.15) is 0 Å². The molecule has 104 valence electrons. The Kier molecular flexibility index (Phi) is 3.40. The summed E-state index contributed by atoms with van der Waals surface area (Å²) in [6.45, 7) is 4.19. The van der Waals surface area contributed by atoms with E-state index >= 15 is 0 Å². The number of hydrogen-bond donors (Lipinski definition) is 2. The molecule has 1 aromatic heterocycles. The van der Waals surface area contributed by atoms with Crippen LogP contribution in [0.15, 0.2) is 18.2 Å². The maximum Gasteiger partial charge on any atom is 0.162 e. The average molecular weight is 268 g/mol. The van der Waals surface area contributed by atoms with Crippen LogP contribution < -0.4 is 11.3 Å². The third-order valence-corrected chi connectivity index (χ3v) is 3.94. The topological polar surface area (TPSA) is 63.8 Å². The van der Waals surface area contributed by atoms with E-state index in [-0.39, 0.29) is 0 Å². The summed E-state index contributed by atoms with van der Waals surface area (Å²) >= 11 is 0. The molecule has 20 heavy (non-hydrogen) atoms. The molecule has 0 amide bonds. The minimum absolute atomic E-state index is 0.774. The Morgan fingerprint density at radius 3 is 2.65 bits per heavy atom. The van der Waals surface area contributed by atoms with Crippen LogP contribution in [0.1, 0.15) is 35.2 Å². The number of hydrazine groups is 1. The minimum atomic E-state index is 0.774. The Hall–Kier alpha value is -1.94. The van der Waals surface area contributed by atoms with Gasteiger partial charge in [-0.15, -0.1) is 0 Å². The van der Waals surface area contributed by atoms with Crippen LogP contribution in [-0.2, 0) is 12.8 Å². The fourth-order valence-corrected chi connectivity index (χ4v) is 2.90. The molecule has 4 nitrogen and oxygen atoms in total. The van der Waals surface area contributed by atoms with E-state index < -0.39 is 0 Å². The SMILES string of the molecule is Cc1ccc(-c2nc3c(c(NN)n2)CCCC3)c(C)c1. The number of nitrogens with two attached hydrogens (primary N) is 1. The van der Waals surface area contributed by atoms with Gasteiger partial charge in [0.05, 0.1) is 0 Å². The van der Waals surface area contributed by atoms with Gasteiger partial charge in [-0.05, 0) is 45.1 Å². The van der Waals surface area contributed by atoms with Crippen molar-refractivity contribution in [3.05, 3.63) is 40.6 Å². The van der Waals surface area contributed by atoms with Gasteiger partial charge >= 0.3 is 0 Å². The highest BCUT2D eigenvalue weighted by Gasteiger charge is 2.18. The van der Waals surface area contributed by atoms with Crippen LogP contribution in [0.25, 0.3) is 11.4 Å². The predicted molar refractivity (Wildman–Crippen MR) is 81.4 cm³/mol. The van der Waals surface area contributed by atoms with Crippen molar-refractivity contribution in [1.82, 2.24) is 9.97 Å². The van der Waals surface area contributed by atoms with Crippen molar-refractivity contribution in [2.45, 2.75) is 39.5 Å². The number of rotatable bonds is 2. The van der Waals surface area contributed by atoms with Crippen molar-refractivity contribution in [2.75, 3.05) is 5.43 Å². The van der Waals surface area contributed by atoms with Gasteiger partial charge in [-0.25, -0.2) is 15.8 Å². The zero-order valence-electron chi connectivity index (χ0n) is 12.0. The number of fused-ring (bicyclic) bond motifs is 1. The Bertz CT molecular complexity index is 632. The molecule has 3 rings (SSSR count). The number of nitrogens with zero attached hydrogens (tertiary/aromatic N) is 2. The van der Waals surface area contributed by atoms with E-state index in [1.165, 1.54) is 29.5 Å². The number of benzene rings is 1. The number of nitrogens with one attached hydrogen (secondary N) is 1. The first-order valence-electron chi connectivity index (χ1n) is 7.13. The third kappa shape index (κ3) is 2.27. The predicted octanol–water partition coefficient (Wildman–Crippen LogP) is 2.92. The number of aromatic nitrogens is 2. The molecular formula is C16H20N4. The second kappa shape index (κ2) is 5.21. The number of hydrogen-bond acceptors (Lipinski definition) is 4. The van der Waals surface area contributed by atoms with Crippen LogP contribution in [0, 0.1) is 13.8 Å².